The van der Waals surface area contributed by atoms with Crippen molar-refractivity contribution in [2.75, 3.05) is 27.1 Å². The second-order valence-electron chi connectivity index (χ2n) is 6.98. The zero-order valence-corrected chi connectivity index (χ0v) is 18.8. The molecule has 6 nitrogen and oxygen atoms in total. The van der Waals surface area contributed by atoms with E-state index in [0.29, 0.717) is 35.0 Å². The van der Waals surface area contributed by atoms with E-state index in [1.165, 1.54) is 18.7 Å². The standard InChI is InChI=1S/C23H27NO5S/c1-6-30-20-10-8-15-16(12-18(20)26)17(24-13(2)25)9-7-14-11-19(27-3)22(28-4)23(29-5)21(14)15/h8,10-12,17H,6-7,9H2,1-5H3,(H,24,25). The topological polar surface area (TPSA) is 73.9 Å². The third-order valence-corrected chi connectivity index (χ3v) is 6.11. The first kappa shape index (κ1) is 22.0. The number of thioether (sulfide) groups is 1. The molecule has 0 heterocycles. The van der Waals surface area contributed by atoms with E-state index in [1.54, 1.807) is 27.4 Å². The first-order chi connectivity index (χ1) is 14.4. The molecule has 0 saturated carbocycles. The summed E-state index contributed by atoms with van der Waals surface area (Å²) < 4.78 is 16.9. The monoisotopic (exact) mass is 429 g/mol. The number of methoxy groups -OCH3 is 3. The van der Waals surface area contributed by atoms with Crippen LogP contribution in [0, 0.1) is 0 Å². The van der Waals surface area contributed by atoms with Gasteiger partial charge in [-0.05, 0) is 53.5 Å². The number of fused-ring (bicyclic) bond motifs is 3. The first-order valence-corrected chi connectivity index (χ1v) is 10.8. The molecular formula is C23H27NO5S. The lowest BCUT2D eigenvalue weighted by molar-refractivity contribution is -0.119. The van der Waals surface area contributed by atoms with E-state index in [4.69, 9.17) is 14.2 Å². The average Bonchev–Trinajstić information content (AvgIpc) is 2.96. The number of nitrogens with one attached hydrogen (secondary N) is 1. The van der Waals surface area contributed by atoms with Crippen molar-refractivity contribution in [2.24, 2.45) is 0 Å². The molecule has 3 rings (SSSR count). The zero-order chi connectivity index (χ0) is 21.8. The predicted octanol–water partition coefficient (Wildman–Crippen LogP) is 3.98. The van der Waals surface area contributed by atoms with Gasteiger partial charge in [-0.25, -0.2) is 0 Å². The number of aryl methyl sites for hydroxylation is 1. The van der Waals surface area contributed by atoms with E-state index in [9.17, 15) is 9.59 Å². The van der Waals surface area contributed by atoms with Gasteiger partial charge in [0.05, 0.1) is 32.3 Å². The van der Waals surface area contributed by atoms with Crippen LogP contribution >= 0.6 is 11.8 Å². The third-order valence-electron chi connectivity index (χ3n) is 5.18. The van der Waals surface area contributed by atoms with E-state index < -0.39 is 0 Å². The minimum Gasteiger partial charge on any atom is -0.493 e. The summed E-state index contributed by atoms with van der Waals surface area (Å²) in [6.45, 7) is 3.50. The Kier molecular flexibility index (Phi) is 6.92. The quantitative estimate of drug-likeness (QED) is 0.701. The SMILES string of the molecule is CCSc1ccc2c(cc1=O)C(NC(C)=O)CCc1cc(OC)c(OC)c(OC)c1-2. The summed E-state index contributed by atoms with van der Waals surface area (Å²) in [5.74, 6) is 2.30. The third kappa shape index (κ3) is 4.12. The summed E-state index contributed by atoms with van der Waals surface area (Å²) in [5.41, 5.74) is 3.45. The minimum atomic E-state index is -0.286. The van der Waals surface area contributed by atoms with Gasteiger partial charge < -0.3 is 19.5 Å². The van der Waals surface area contributed by atoms with E-state index in [1.807, 2.05) is 25.1 Å². The van der Waals surface area contributed by atoms with Crippen LogP contribution in [0.4, 0.5) is 0 Å². The molecule has 160 valence electrons. The molecule has 0 aromatic heterocycles. The van der Waals surface area contributed by atoms with Gasteiger partial charge in [-0.3, -0.25) is 9.59 Å². The number of ether oxygens (including phenoxy) is 3. The fourth-order valence-electron chi connectivity index (χ4n) is 3.97. The number of carbonyl (C=O) groups excluding carboxylic acids is 1. The summed E-state index contributed by atoms with van der Waals surface area (Å²) in [5, 5.41) is 3.01. The Bertz CT molecular complexity index is 1020. The smallest absolute Gasteiger partial charge is 0.217 e. The highest BCUT2D eigenvalue weighted by molar-refractivity contribution is 7.99. The van der Waals surface area contributed by atoms with Crippen LogP contribution in [-0.2, 0) is 11.2 Å². The minimum absolute atomic E-state index is 0.0543. The molecule has 0 radical (unpaired) electrons. The average molecular weight is 430 g/mol. The lowest BCUT2D eigenvalue weighted by Crippen LogP contribution is -2.26. The van der Waals surface area contributed by atoms with Gasteiger partial charge in [-0.2, -0.15) is 0 Å². The van der Waals surface area contributed by atoms with Crippen molar-refractivity contribution in [1.29, 1.82) is 0 Å². The highest BCUT2D eigenvalue weighted by Gasteiger charge is 2.29. The number of rotatable bonds is 6. The molecule has 1 aliphatic carbocycles. The van der Waals surface area contributed by atoms with Gasteiger partial charge in [-0.15, -0.1) is 11.8 Å². The van der Waals surface area contributed by atoms with Crippen molar-refractivity contribution in [1.82, 2.24) is 5.32 Å². The number of hydrogen-bond donors (Lipinski definition) is 1. The van der Waals surface area contributed by atoms with Crippen molar-refractivity contribution in [3.8, 4) is 28.4 Å². The second kappa shape index (κ2) is 9.43. The van der Waals surface area contributed by atoms with E-state index in [2.05, 4.69) is 5.32 Å². The van der Waals surface area contributed by atoms with Gasteiger partial charge in [0.2, 0.25) is 11.7 Å². The summed E-state index contributed by atoms with van der Waals surface area (Å²) >= 11 is 1.50. The fraction of sp³-hybridized carbons (Fsp3) is 0.391. The van der Waals surface area contributed by atoms with Gasteiger partial charge >= 0.3 is 0 Å². The molecule has 7 heteroatoms. The molecule has 30 heavy (non-hydrogen) atoms. The van der Waals surface area contributed by atoms with Crippen LogP contribution in [0.15, 0.2) is 34.0 Å². The van der Waals surface area contributed by atoms with Crippen LogP contribution in [-0.4, -0.2) is 33.0 Å². The normalized spacial score (nSPS) is 14.8. The van der Waals surface area contributed by atoms with Crippen LogP contribution in [0.1, 0.15) is 37.4 Å². The Hall–Kier alpha value is -2.67. The van der Waals surface area contributed by atoms with E-state index in [0.717, 1.165) is 28.0 Å². The lowest BCUT2D eigenvalue weighted by atomic mass is 9.95. The van der Waals surface area contributed by atoms with E-state index >= 15 is 0 Å². The molecule has 1 aliphatic rings. The van der Waals surface area contributed by atoms with Crippen molar-refractivity contribution in [3.05, 3.63) is 45.6 Å². The van der Waals surface area contributed by atoms with Gasteiger partial charge in [0.25, 0.3) is 0 Å². The molecule has 0 fully saturated rings. The van der Waals surface area contributed by atoms with Crippen LogP contribution in [0.5, 0.6) is 17.2 Å². The van der Waals surface area contributed by atoms with Crippen molar-refractivity contribution >= 4 is 17.7 Å². The Morgan fingerprint density at radius 2 is 1.87 bits per heavy atom. The van der Waals surface area contributed by atoms with Gasteiger partial charge in [0.15, 0.2) is 16.9 Å². The molecule has 2 aromatic carbocycles. The van der Waals surface area contributed by atoms with Gasteiger partial charge in [0.1, 0.15) is 0 Å². The number of amides is 1. The van der Waals surface area contributed by atoms with Crippen LogP contribution in [0.2, 0.25) is 0 Å². The molecule has 1 N–H and O–H groups in total. The molecule has 0 saturated heterocycles. The maximum atomic E-state index is 12.9. The summed E-state index contributed by atoms with van der Waals surface area (Å²) in [6.07, 6.45) is 1.33. The fourth-order valence-corrected chi connectivity index (χ4v) is 4.64. The van der Waals surface area contributed by atoms with Gasteiger partial charge in [0, 0.05) is 12.5 Å². The van der Waals surface area contributed by atoms with E-state index in [-0.39, 0.29) is 17.4 Å². The summed E-state index contributed by atoms with van der Waals surface area (Å²) in [7, 11) is 4.75. The zero-order valence-electron chi connectivity index (χ0n) is 18.0. The Balaban J connectivity index is 2.39. The molecule has 1 atom stereocenters. The number of carbonyl (C=O) groups is 1. The van der Waals surface area contributed by atoms with Crippen molar-refractivity contribution in [2.45, 2.75) is 37.6 Å². The highest BCUT2D eigenvalue weighted by Crippen LogP contribution is 2.50. The molecular weight excluding hydrogens is 402 g/mol. The summed E-state index contributed by atoms with van der Waals surface area (Å²) in [6, 6.07) is 7.11. The molecule has 1 unspecified atom stereocenters. The maximum Gasteiger partial charge on any atom is 0.217 e. The maximum absolute atomic E-state index is 12.9. The molecule has 1 amide bonds. The molecule has 0 spiro atoms. The molecule has 0 bridgehead atoms. The summed E-state index contributed by atoms with van der Waals surface area (Å²) in [4.78, 5) is 25.5. The second-order valence-corrected chi connectivity index (χ2v) is 8.29. The Labute approximate surface area is 180 Å². The van der Waals surface area contributed by atoms with Crippen molar-refractivity contribution < 1.29 is 19.0 Å². The van der Waals surface area contributed by atoms with Crippen LogP contribution in [0.3, 0.4) is 0 Å². The Morgan fingerprint density at radius 1 is 1.13 bits per heavy atom. The molecule has 2 aromatic rings. The lowest BCUT2D eigenvalue weighted by Gasteiger charge is -2.19. The molecule has 0 aliphatic heterocycles. The van der Waals surface area contributed by atoms with Crippen LogP contribution < -0.4 is 25.0 Å². The number of benzene rings is 1. The highest BCUT2D eigenvalue weighted by atomic mass is 32.2. The first-order valence-electron chi connectivity index (χ1n) is 9.85. The Morgan fingerprint density at radius 3 is 2.47 bits per heavy atom. The van der Waals surface area contributed by atoms with Crippen molar-refractivity contribution in [3.63, 3.8) is 0 Å². The van der Waals surface area contributed by atoms with Gasteiger partial charge in [-0.1, -0.05) is 13.0 Å². The number of hydrogen-bond acceptors (Lipinski definition) is 6. The predicted molar refractivity (Wildman–Crippen MR) is 119 cm³/mol. The largest absolute Gasteiger partial charge is 0.493 e. The van der Waals surface area contributed by atoms with Crippen LogP contribution in [0.25, 0.3) is 11.1 Å².